The van der Waals surface area contributed by atoms with Gasteiger partial charge >= 0.3 is 0 Å². The van der Waals surface area contributed by atoms with E-state index < -0.39 is 34.4 Å². The molecular formula is C36H46N4O7S. The lowest BCUT2D eigenvalue weighted by atomic mass is 9.99. The van der Waals surface area contributed by atoms with Crippen LogP contribution in [-0.2, 0) is 34.1 Å². The number of hydrogen-bond donors (Lipinski definition) is 4. The number of carbonyl (C=O) groups is 1. The van der Waals surface area contributed by atoms with Crippen LogP contribution < -0.4 is 9.62 Å². The summed E-state index contributed by atoms with van der Waals surface area (Å²) < 4.78 is 35.0. The van der Waals surface area contributed by atoms with Crippen molar-refractivity contribution in [3.63, 3.8) is 0 Å². The molecule has 4 aromatic rings. The highest BCUT2D eigenvalue weighted by molar-refractivity contribution is 7.92. The number of phenols is 1. The van der Waals surface area contributed by atoms with Gasteiger partial charge in [0.15, 0.2) is 6.29 Å². The van der Waals surface area contributed by atoms with Crippen LogP contribution in [0.1, 0.15) is 54.1 Å². The highest BCUT2D eigenvalue weighted by Crippen LogP contribution is 2.35. The van der Waals surface area contributed by atoms with E-state index in [1.807, 2.05) is 72.8 Å². The normalized spacial score (nSPS) is 16.2. The molecule has 2 heterocycles. The molecule has 1 aromatic heterocycles. The van der Waals surface area contributed by atoms with E-state index in [1.54, 1.807) is 18.2 Å². The molecule has 0 saturated heterocycles. The summed E-state index contributed by atoms with van der Waals surface area (Å²) >= 11 is 0. The molecular weight excluding hydrogens is 632 g/mol. The lowest BCUT2D eigenvalue weighted by Crippen LogP contribution is -2.50. The summed E-state index contributed by atoms with van der Waals surface area (Å²) in [6.07, 6.45) is 0.774. The van der Waals surface area contributed by atoms with Gasteiger partial charge in [0.2, 0.25) is 10.0 Å². The Hall–Kier alpha value is -3.94. The van der Waals surface area contributed by atoms with Gasteiger partial charge in [-0.1, -0.05) is 63.2 Å². The van der Waals surface area contributed by atoms with E-state index in [9.17, 15) is 28.5 Å². The highest BCUT2D eigenvalue weighted by atomic mass is 32.2. The molecule has 1 aliphatic heterocycles. The van der Waals surface area contributed by atoms with Crippen molar-refractivity contribution in [2.75, 3.05) is 36.9 Å². The van der Waals surface area contributed by atoms with Crippen LogP contribution in [0.3, 0.4) is 0 Å². The van der Waals surface area contributed by atoms with Crippen molar-refractivity contribution in [3.05, 3.63) is 95.2 Å². The number of amides is 1. The minimum absolute atomic E-state index is 0.0148. The predicted molar refractivity (Wildman–Crippen MR) is 186 cm³/mol. The van der Waals surface area contributed by atoms with Crippen LogP contribution in [-0.4, -0.2) is 83.9 Å². The number of aliphatic hydroxyl groups is 2. The Kier molecular flexibility index (Phi) is 11.1. The van der Waals surface area contributed by atoms with E-state index in [-0.39, 0.29) is 30.7 Å². The Morgan fingerprint density at radius 3 is 2.42 bits per heavy atom. The molecule has 1 amide bonds. The van der Waals surface area contributed by atoms with Gasteiger partial charge in [0.05, 0.1) is 29.1 Å². The third kappa shape index (κ3) is 8.19. The average molecular weight is 679 g/mol. The standard InChI is InChI=1S/C36H46N4O7S/c1-5-26-21-40-15-16-48(45,46)38(4)32-19-28(18-30(26)34(32)40)35(43)37-31(17-25-9-7-6-8-10-25)33(42)22-39(20-24(2)3)23-47-36(44)27-11-13-29(41)14-12-27/h6-14,18-19,21,24,31,33,36,41-42,44H,5,15-17,20,22-23H2,1-4H3,(H,37,43)/t31-,33+,36?/m0/s1. The summed E-state index contributed by atoms with van der Waals surface area (Å²) in [5.41, 5.74) is 3.97. The maximum atomic E-state index is 14.0. The first-order valence-electron chi connectivity index (χ1n) is 16.3. The van der Waals surface area contributed by atoms with Crippen molar-refractivity contribution in [3.8, 4) is 5.75 Å². The molecule has 1 aliphatic rings. The molecule has 258 valence electrons. The SMILES string of the molecule is CCc1cn2c3c(cc(C(=O)N[C@@H](Cc4ccccc4)[C@H](O)CN(COC(O)c4ccc(O)cc4)CC(C)C)cc13)N(C)S(=O)(=O)CC2. The van der Waals surface area contributed by atoms with Crippen molar-refractivity contribution in [2.24, 2.45) is 5.92 Å². The highest BCUT2D eigenvalue weighted by Gasteiger charge is 2.30. The Bertz CT molecular complexity index is 1810. The van der Waals surface area contributed by atoms with Gasteiger partial charge in [0.1, 0.15) is 12.5 Å². The Morgan fingerprint density at radius 1 is 1.04 bits per heavy atom. The fourth-order valence-corrected chi connectivity index (χ4v) is 7.36. The number of nitrogens with one attached hydrogen (secondary N) is 1. The molecule has 0 radical (unpaired) electrons. The van der Waals surface area contributed by atoms with E-state index in [2.05, 4.69) is 5.32 Å². The monoisotopic (exact) mass is 678 g/mol. The first-order chi connectivity index (χ1) is 22.9. The number of aromatic nitrogens is 1. The quantitative estimate of drug-likeness (QED) is 0.147. The van der Waals surface area contributed by atoms with Crippen LogP contribution in [0.4, 0.5) is 5.69 Å². The lowest BCUT2D eigenvalue weighted by Gasteiger charge is -2.31. The molecule has 48 heavy (non-hydrogen) atoms. The number of nitrogens with zero attached hydrogens (tertiary/aromatic N) is 3. The van der Waals surface area contributed by atoms with Crippen molar-refractivity contribution >= 4 is 32.5 Å². The molecule has 0 spiro atoms. The molecule has 3 aromatic carbocycles. The number of aromatic hydroxyl groups is 1. The predicted octanol–water partition coefficient (Wildman–Crippen LogP) is 4.01. The van der Waals surface area contributed by atoms with Crippen molar-refractivity contribution in [1.29, 1.82) is 0 Å². The van der Waals surface area contributed by atoms with Crippen LogP contribution in [0.15, 0.2) is 72.9 Å². The molecule has 0 bridgehead atoms. The Morgan fingerprint density at radius 2 is 1.75 bits per heavy atom. The number of aliphatic hydroxyl groups excluding tert-OH is 2. The maximum absolute atomic E-state index is 14.0. The summed E-state index contributed by atoms with van der Waals surface area (Å²) in [4.78, 5) is 15.9. The van der Waals surface area contributed by atoms with E-state index >= 15 is 0 Å². The van der Waals surface area contributed by atoms with Gasteiger partial charge < -0.3 is 29.9 Å². The summed E-state index contributed by atoms with van der Waals surface area (Å²) in [5, 5.41) is 35.8. The number of phenolic OH excluding ortho intramolecular Hbond substituents is 1. The van der Waals surface area contributed by atoms with Crippen LogP contribution in [0.2, 0.25) is 0 Å². The molecule has 3 atom stereocenters. The third-order valence-corrected chi connectivity index (χ3v) is 10.5. The molecule has 11 nitrogen and oxygen atoms in total. The number of hydrogen-bond acceptors (Lipinski definition) is 8. The van der Waals surface area contributed by atoms with Crippen LogP contribution in [0.25, 0.3) is 10.9 Å². The fraction of sp³-hybridized carbons (Fsp3) is 0.417. The van der Waals surface area contributed by atoms with Crippen molar-refractivity contribution in [2.45, 2.75) is 58.6 Å². The van der Waals surface area contributed by atoms with Gasteiger partial charge in [-0.15, -0.1) is 0 Å². The smallest absolute Gasteiger partial charge is 0.251 e. The average Bonchev–Trinajstić information content (AvgIpc) is 3.39. The summed E-state index contributed by atoms with van der Waals surface area (Å²) in [6.45, 7) is 7.16. The fourth-order valence-electron chi connectivity index (χ4n) is 6.22. The van der Waals surface area contributed by atoms with Crippen molar-refractivity contribution < 1.29 is 33.3 Å². The van der Waals surface area contributed by atoms with Crippen LogP contribution in [0, 0.1) is 5.92 Å². The summed E-state index contributed by atoms with van der Waals surface area (Å²) in [7, 11) is -2.06. The zero-order chi connectivity index (χ0) is 34.6. The molecule has 0 aliphatic carbocycles. The molecule has 12 heteroatoms. The van der Waals surface area contributed by atoms with Crippen molar-refractivity contribution in [1.82, 2.24) is 14.8 Å². The molecule has 1 unspecified atom stereocenters. The number of aryl methyl sites for hydroxylation is 2. The number of sulfonamides is 1. The largest absolute Gasteiger partial charge is 0.508 e. The second-order valence-electron chi connectivity index (χ2n) is 12.9. The number of anilines is 1. The van der Waals surface area contributed by atoms with E-state index in [4.69, 9.17) is 4.74 Å². The van der Waals surface area contributed by atoms with Gasteiger partial charge in [-0.3, -0.25) is 14.0 Å². The van der Waals surface area contributed by atoms with Gasteiger partial charge in [-0.25, -0.2) is 8.42 Å². The van der Waals surface area contributed by atoms with E-state index in [0.717, 1.165) is 28.5 Å². The Balaban J connectivity index is 1.40. The maximum Gasteiger partial charge on any atom is 0.251 e. The van der Waals surface area contributed by atoms with Gasteiger partial charge in [0.25, 0.3) is 5.91 Å². The van der Waals surface area contributed by atoms with Gasteiger partial charge in [-0.05, 0) is 54.2 Å². The lowest BCUT2D eigenvalue weighted by molar-refractivity contribution is -0.142. The first kappa shape index (κ1) is 35.4. The zero-order valence-corrected chi connectivity index (χ0v) is 28.7. The molecule has 0 saturated carbocycles. The van der Waals surface area contributed by atoms with E-state index in [1.165, 1.54) is 23.5 Å². The molecule has 0 fully saturated rings. The number of rotatable bonds is 14. The molecule has 5 rings (SSSR count). The number of carbonyl (C=O) groups excluding carboxylic acids is 1. The van der Waals surface area contributed by atoms with Gasteiger partial charge in [0, 0.05) is 49.4 Å². The second-order valence-corrected chi connectivity index (χ2v) is 15.0. The summed E-state index contributed by atoms with van der Waals surface area (Å²) in [5.74, 6) is -0.166. The zero-order valence-electron chi connectivity index (χ0n) is 27.9. The summed E-state index contributed by atoms with van der Waals surface area (Å²) in [6, 6.07) is 18.4. The van der Waals surface area contributed by atoms with Crippen LogP contribution in [0.5, 0.6) is 5.75 Å². The van der Waals surface area contributed by atoms with Crippen LogP contribution >= 0.6 is 0 Å². The van der Waals surface area contributed by atoms with E-state index in [0.29, 0.717) is 36.3 Å². The number of benzene rings is 3. The topological polar surface area (TPSA) is 145 Å². The molecule has 4 N–H and O–H groups in total. The van der Waals surface area contributed by atoms with Gasteiger partial charge in [-0.2, -0.15) is 0 Å². The number of ether oxygens (including phenoxy) is 1. The second kappa shape index (κ2) is 15.1. The minimum atomic E-state index is -3.58. The Labute approximate surface area is 282 Å². The first-order valence-corrected chi connectivity index (χ1v) is 17.9. The third-order valence-electron chi connectivity index (χ3n) is 8.77. The minimum Gasteiger partial charge on any atom is -0.508 e.